The second kappa shape index (κ2) is 9.45. The number of aromatic hydroxyl groups is 1. The molecule has 0 radical (unpaired) electrons. The number of carbonyl (C=O) groups excluding carboxylic acids is 2. The molecule has 0 fully saturated rings. The van der Waals surface area contributed by atoms with E-state index >= 15 is 0 Å². The minimum Gasteiger partial charge on any atom is -0.503 e. The number of phenolic OH excluding ortho intramolecular Hbond substituents is 1. The summed E-state index contributed by atoms with van der Waals surface area (Å²) < 4.78 is 10.1. The Kier molecular flexibility index (Phi) is 7.26. The number of nitrogens with zero attached hydrogens (tertiary/aromatic N) is 1. The van der Waals surface area contributed by atoms with E-state index in [2.05, 4.69) is 5.32 Å². The van der Waals surface area contributed by atoms with Gasteiger partial charge in [0.2, 0.25) is 0 Å². The van der Waals surface area contributed by atoms with Gasteiger partial charge in [-0.05, 0) is 50.1 Å². The van der Waals surface area contributed by atoms with Gasteiger partial charge in [-0.2, -0.15) is 5.26 Å². The minimum absolute atomic E-state index is 0.0161. The maximum absolute atomic E-state index is 12.6. The van der Waals surface area contributed by atoms with Gasteiger partial charge in [0.05, 0.1) is 24.3 Å². The first-order valence-corrected chi connectivity index (χ1v) is 9.69. The molecule has 2 aromatic rings. The summed E-state index contributed by atoms with van der Waals surface area (Å²) in [5.41, 5.74) is 1.16. The maximum atomic E-state index is 12.6. The maximum Gasteiger partial charge on any atom is 0.341 e. The molecule has 0 aliphatic rings. The lowest BCUT2D eigenvalue weighted by atomic mass is 10.1. The number of aryl methyl sites for hydroxylation is 1. The topological polar surface area (TPSA) is 109 Å². The first-order valence-electron chi connectivity index (χ1n) is 8.50. The highest BCUT2D eigenvalue weighted by Crippen LogP contribution is 2.36. The number of methoxy groups -OCH3 is 1. The van der Waals surface area contributed by atoms with E-state index in [1.165, 1.54) is 36.7 Å². The van der Waals surface area contributed by atoms with Crippen LogP contribution in [0.4, 0.5) is 5.00 Å². The van der Waals surface area contributed by atoms with Crippen molar-refractivity contribution in [3.05, 3.63) is 44.3 Å². The molecule has 0 aliphatic carbocycles. The zero-order valence-electron chi connectivity index (χ0n) is 16.3. The van der Waals surface area contributed by atoms with Crippen LogP contribution in [-0.2, 0) is 9.53 Å². The highest BCUT2D eigenvalue weighted by molar-refractivity contribution is 7.16. The number of rotatable bonds is 6. The van der Waals surface area contributed by atoms with E-state index in [1.54, 1.807) is 13.8 Å². The number of carbonyl (C=O) groups is 2. The van der Waals surface area contributed by atoms with E-state index < -0.39 is 11.9 Å². The Bertz CT molecular complexity index is 1040. The van der Waals surface area contributed by atoms with Crippen molar-refractivity contribution in [2.45, 2.75) is 20.8 Å². The average Bonchev–Trinajstić information content (AvgIpc) is 2.95. The first-order chi connectivity index (χ1) is 13.7. The van der Waals surface area contributed by atoms with Crippen LogP contribution >= 0.6 is 22.9 Å². The highest BCUT2D eigenvalue weighted by Gasteiger charge is 2.23. The number of esters is 1. The Balaban J connectivity index is 2.38. The number of halogens is 1. The number of nitrogens with one attached hydrogen (secondary N) is 1. The molecule has 0 atom stereocenters. The van der Waals surface area contributed by atoms with Crippen LogP contribution in [0.3, 0.4) is 0 Å². The largest absolute Gasteiger partial charge is 0.503 e. The van der Waals surface area contributed by atoms with Crippen LogP contribution in [-0.4, -0.2) is 30.7 Å². The molecule has 0 bridgehead atoms. The molecule has 0 aliphatic heterocycles. The average molecular weight is 435 g/mol. The van der Waals surface area contributed by atoms with Crippen LogP contribution in [0.5, 0.6) is 11.5 Å². The van der Waals surface area contributed by atoms with Gasteiger partial charge in [0.15, 0.2) is 11.5 Å². The summed E-state index contributed by atoms with van der Waals surface area (Å²) in [4.78, 5) is 25.7. The zero-order valence-corrected chi connectivity index (χ0v) is 17.8. The van der Waals surface area contributed by atoms with Crippen molar-refractivity contribution in [3.63, 3.8) is 0 Å². The van der Waals surface area contributed by atoms with Crippen molar-refractivity contribution >= 4 is 45.9 Å². The quantitative estimate of drug-likeness (QED) is 0.395. The molecule has 1 aromatic heterocycles. The molecule has 1 aromatic carbocycles. The monoisotopic (exact) mass is 434 g/mol. The van der Waals surface area contributed by atoms with Gasteiger partial charge in [-0.25, -0.2) is 4.79 Å². The Morgan fingerprint density at radius 3 is 2.66 bits per heavy atom. The van der Waals surface area contributed by atoms with Crippen LogP contribution in [0, 0.1) is 25.2 Å². The van der Waals surface area contributed by atoms with Crippen molar-refractivity contribution < 1.29 is 24.2 Å². The lowest BCUT2D eigenvalue weighted by Gasteiger charge is -2.08. The lowest BCUT2D eigenvalue weighted by molar-refractivity contribution is -0.112. The molecule has 152 valence electrons. The predicted octanol–water partition coefficient (Wildman–Crippen LogP) is 4.45. The van der Waals surface area contributed by atoms with Crippen LogP contribution in [0.2, 0.25) is 5.02 Å². The smallest absolute Gasteiger partial charge is 0.341 e. The van der Waals surface area contributed by atoms with Crippen LogP contribution in [0.1, 0.15) is 33.3 Å². The molecule has 0 saturated carbocycles. The second-order valence-electron chi connectivity index (χ2n) is 5.89. The number of hydrogen-bond donors (Lipinski definition) is 2. The van der Waals surface area contributed by atoms with Gasteiger partial charge in [-0.3, -0.25) is 4.79 Å². The molecule has 7 nitrogen and oxygen atoms in total. The third-order valence-electron chi connectivity index (χ3n) is 4.04. The van der Waals surface area contributed by atoms with Crippen molar-refractivity contribution in [1.29, 1.82) is 5.26 Å². The van der Waals surface area contributed by atoms with E-state index in [1.807, 2.05) is 13.0 Å². The van der Waals surface area contributed by atoms with Crippen molar-refractivity contribution in [2.24, 2.45) is 0 Å². The summed E-state index contributed by atoms with van der Waals surface area (Å²) in [6, 6.07) is 4.66. The Morgan fingerprint density at radius 1 is 1.38 bits per heavy atom. The molecule has 2 rings (SSSR count). The Labute approximate surface area is 177 Å². The van der Waals surface area contributed by atoms with Gasteiger partial charge in [0.25, 0.3) is 5.91 Å². The van der Waals surface area contributed by atoms with E-state index in [9.17, 15) is 20.0 Å². The number of benzene rings is 1. The van der Waals surface area contributed by atoms with Gasteiger partial charge in [-0.15, -0.1) is 11.3 Å². The number of hydrogen-bond acceptors (Lipinski definition) is 7. The standard InChI is InChI=1S/C20H19ClN2O5S/c1-5-28-20(26)16-10(2)11(3)29-19(16)23-18(25)13(9-22)6-12-7-14(21)17(24)15(8-12)27-4/h6-8,24H,5H2,1-4H3,(H,23,25)/b13-6+. The summed E-state index contributed by atoms with van der Waals surface area (Å²) in [5.74, 6) is -1.36. The molecular weight excluding hydrogens is 416 g/mol. The molecule has 0 spiro atoms. The summed E-state index contributed by atoms with van der Waals surface area (Å²) >= 11 is 7.17. The summed E-state index contributed by atoms with van der Waals surface area (Å²) in [6.45, 7) is 5.48. The van der Waals surface area contributed by atoms with E-state index in [0.29, 0.717) is 16.1 Å². The summed E-state index contributed by atoms with van der Waals surface area (Å²) in [5, 5.41) is 22.2. The molecule has 0 saturated heterocycles. The van der Waals surface area contributed by atoms with Gasteiger partial charge in [0, 0.05) is 4.88 Å². The van der Waals surface area contributed by atoms with Crippen molar-refractivity contribution in [1.82, 2.24) is 0 Å². The van der Waals surface area contributed by atoms with Gasteiger partial charge < -0.3 is 19.9 Å². The molecule has 9 heteroatoms. The SMILES string of the molecule is CCOC(=O)c1c(NC(=O)/C(C#N)=C/c2cc(Cl)c(O)c(OC)c2)sc(C)c1C. The fourth-order valence-corrected chi connectivity index (χ4v) is 3.75. The number of anilines is 1. The van der Waals surface area contributed by atoms with Crippen molar-refractivity contribution in [3.8, 4) is 17.6 Å². The van der Waals surface area contributed by atoms with Crippen LogP contribution in [0.25, 0.3) is 6.08 Å². The number of ether oxygens (including phenoxy) is 2. The third kappa shape index (κ3) is 4.88. The van der Waals surface area contributed by atoms with Gasteiger partial charge in [-0.1, -0.05) is 11.6 Å². The van der Waals surface area contributed by atoms with E-state index in [-0.39, 0.29) is 34.3 Å². The Morgan fingerprint density at radius 2 is 2.07 bits per heavy atom. The molecule has 29 heavy (non-hydrogen) atoms. The molecular formula is C20H19ClN2O5S. The fraction of sp³-hybridized carbons (Fsp3) is 0.250. The third-order valence-corrected chi connectivity index (χ3v) is 5.45. The lowest BCUT2D eigenvalue weighted by Crippen LogP contribution is -2.16. The number of phenols is 1. The van der Waals surface area contributed by atoms with Crippen LogP contribution in [0.15, 0.2) is 17.7 Å². The predicted molar refractivity (Wildman–Crippen MR) is 112 cm³/mol. The van der Waals surface area contributed by atoms with E-state index in [0.717, 1.165) is 4.88 Å². The van der Waals surface area contributed by atoms with Gasteiger partial charge >= 0.3 is 5.97 Å². The summed E-state index contributed by atoms with van der Waals surface area (Å²) in [7, 11) is 1.36. The number of amides is 1. The molecule has 1 amide bonds. The molecule has 0 unspecified atom stereocenters. The van der Waals surface area contributed by atoms with Gasteiger partial charge in [0.1, 0.15) is 16.6 Å². The number of nitriles is 1. The second-order valence-corrected chi connectivity index (χ2v) is 7.52. The Hall–Kier alpha value is -3.02. The molecule has 1 heterocycles. The zero-order chi connectivity index (χ0) is 21.7. The van der Waals surface area contributed by atoms with E-state index in [4.69, 9.17) is 21.1 Å². The first kappa shape index (κ1) is 22.3. The van der Waals surface area contributed by atoms with Crippen molar-refractivity contribution in [2.75, 3.05) is 19.0 Å². The normalized spacial score (nSPS) is 11.0. The van der Waals surface area contributed by atoms with Crippen LogP contribution < -0.4 is 10.1 Å². The molecule has 2 N–H and O–H groups in total. The fourth-order valence-electron chi connectivity index (χ4n) is 2.48. The minimum atomic E-state index is -0.692. The highest BCUT2D eigenvalue weighted by atomic mass is 35.5. The number of thiophene rings is 1. The summed E-state index contributed by atoms with van der Waals surface area (Å²) in [6.07, 6.45) is 1.31.